The Hall–Kier alpha value is -1.85. The maximum atomic E-state index is 12.7. The van der Waals surface area contributed by atoms with Gasteiger partial charge in [0.25, 0.3) is 5.91 Å². The Balaban J connectivity index is 1.42. The number of ether oxygens (including phenoxy) is 1. The van der Waals surface area contributed by atoms with Crippen LogP contribution in [0.15, 0.2) is 30.3 Å². The van der Waals surface area contributed by atoms with Crippen molar-refractivity contribution in [3.8, 4) is 0 Å². The van der Waals surface area contributed by atoms with E-state index >= 15 is 0 Å². The summed E-state index contributed by atoms with van der Waals surface area (Å²) in [7, 11) is 0. The van der Waals surface area contributed by atoms with Crippen molar-refractivity contribution in [1.82, 2.24) is 0 Å². The second-order valence-electron chi connectivity index (χ2n) is 7.07. The van der Waals surface area contributed by atoms with E-state index in [1.165, 1.54) is 41.8 Å². The molecule has 0 unspecified atom stereocenters. The summed E-state index contributed by atoms with van der Waals surface area (Å²) in [5.41, 5.74) is 3.43. The first-order valence-corrected chi connectivity index (χ1v) is 10.5. The minimum Gasteiger partial charge on any atom is -0.378 e. The van der Waals surface area contributed by atoms with E-state index < -0.39 is 0 Å². The third kappa shape index (κ3) is 4.10. The van der Waals surface area contributed by atoms with Crippen LogP contribution in [0.3, 0.4) is 0 Å². The number of rotatable bonds is 3. The first kappa shape index (κ1) is 17.6. The van der Waals surface area contributed by atoms with Crippen molar-refractivity contribution < 1.29 is 9.53 Å². The predicted octanol–water partition coefficient (Wildman–Crippen LogP) is 4.50. The Labute approximate surface area is 159 Å². The molecule has 26 heavy (non-hydrogen) atoms. The molecular formula is C21H26N2O2S. The van der Waals surface area contributed by atoms with E-state index in [9.17, 15) is 4.79 Å². The molecular weight excluding hydrogens is 344 g/mol. The fraction of sp³-hybridized carbons (Fsp3) is 0.476. The van der Waals surface area contributed by atoms with Gasteiger partial charge in [-0.2, -0.15) is 0 Å². The number of hydrogen-bond acceptors (Lipinski definition) is 4. The molecule has 1 aliphatic heterocycles. The maximum absolute atomic E-state index is 12.7. The lowest BCUT2D eigenvalue weighted by molar-refractivity contribution is 0.103. The smallest absolute Gasteiger partial charge is 0.265 e. The quantitative estimate of drug-likeness (QED) is 0.865. The number of benzene rings is 1. The number of hydrogen-bond donors (Lipinski definition) is 1. The highest BCUT2D eigenvalue weighted by Crippen LogP contribution is 2.29. The highest BCUT2D eigenvalue weighted by molar-refractivity contribution is 7.14. The van der Waals surface area contributed by atoms with Crippen molar-refractivity contribution in [2.24, 2.45) is 0 Å². The van der Waals surface area contributed by atoms with Gasteiger partial charge in [-0.25, -0.2) is 0 Å². The largest absolute Gasteiger partial charge is 0.378 e. The normalized spacial score (nSPS) is 17.9. The molecule has 1 aromatic heterocycles. The highest BCUT2D eigenvalue weighted by atomic mass is 32.1. The van der Waals surface area contributed by atoms with Gasteiger partial charge in [0.2, 0.25) is 0 Å². The first-order chi connectivity index (χ1) is 12.8. The van der Waals surface area contributed by atoms with Gasteiger partial charge in [-0.3, -0.25) is 4.79 Å². The summed E-state index contributed by atoms with van der Waals surface area (Å²) in [6.07, 6.45) is 7.36. The van der Waals surface area contributed by atoms with Gasteiger partial charge in [0.05, 0.1) is 18.1 Å². The molecule has 1 fully saturated rings. The molecule has 2 aromatic rings. The summed E-state index contributed by atoms with van der Waals surface area (Å²) in [4.78, 5) is 17.2. The van der Waals surface area contributed by atoms with Crippen molar-refractivity contribution in [3.63, 3.8) is 0 Å². The Morgan fingerprint density at radius 3 is 2.50 bits per heavy atom. The fourth-order valence-corrected chi connectivity index (χ4v) is 4.87. The average molecular weight is 371 g/mol. The van der Waals surface area contributed by atoms with Crippen molar-refractivity contribution in [2.75, 3.05) is 36.5 Å². The van der Waals surface area contributed by atoms with E-state index in [0.29, 0.717) is 0 Å². The summed E-state index contributed by atoms with van der Waals surface area (Å²) in [6, 6.07) is 10.3. The Morgan fingerprint density at radius 2 is 1.73 bits per heavy atom. The molecule has 1 saturated heterocycles. The van der Waals surface area contributed by atoms with Gasteiger partial charge >= 0.3 is 0 Å². The molecule has 2 aliphatic rings. The number of thiophene rings is 1. The van der Waals surface area contributed by atoms with Gasteiger partial charge in [0.15, 0.2) is 0 Å². The van der Waals surface area contributed by atoms with E-state index in [2.05, 4.69) is 28.4 Å². The second kappa shape index (κ2) is 8.23. The Kier molecular flexibility index (Phi) is 5.56. The number of carbonyl (C=O) groups excluding carboxylic acids is 1. The molecule has 1 aromatic carbocycles. The summed E-state index contributed by atoms with van der Waals surface area (Å²) in [5.74, 6) is 0.0147. The number of fused-ring (bicyclic) bond motifs is 1. The zero-order chi connectivity index (χ0) is 17.8. The van der Waals surface area contributed by atoms with Crippen molar-refractivity contribution in [2.45, 2.75) is 38.5 Å². The molecule has 1 amide bonds. The third-order valence-electron chi connectivity index (χ3n) is 5.22. The van der Waals surface area contributed by atoms with Crippen LogP contribution in [0.25, 0.3) is 0 Å². The topological polar surface area (TPSA) is 41.6 Å². The van der Waals surface area contributed by atoms with E-state index in [1.807, 2.05) is 12.1 Å². The van der Waals surface area contributed by atoms with Crippen LogP contribution in [-0.2, 0) is 17.6 Å². The minimum absolute atomic E-state index is 0.0147. The standard InChI is InChI=1S/C21H26N2O2S/c24-21(20-15-16-5-3-1-2-4-6-19(16)26-20)22-17-7-9-18(10-8-17)23-11-13-25-14-12-23/h7-10,15H,1-6,11-14H2,(H,22,24). The zero-order valence-electron chi connectivity index (χ0n) is 15.1. The highest BCUT2D eigenvalue weighted by Gasteiger charge is 2.16. The van der Waals surface area contributed by atoms with Crippen LogP contribution in [0, 0.1) is 0 Å². The molecule has 1 N–H and O–H groups in total. The summed E-state index contributed by atoms with van der Waals surface area (Å²) in [5, 5.41) is 3.06. The van der Waals surface area contributed by atoms with E-state index in [1.54, 1.807) is 11.3 Å². The number of carbonyl (C=O) groups is 1. The predicted molar refractivity (Wildman–Crippen MR) is 108 cm³/mol. The number of nitrogens with one attached hydrogen (secondary N) is 1. The summed E-state index contributed by atoms with van der Waals surface area (Å²) >= 11 is 1.68. The maximum Gasteiger partial charge on any atom is 0.265 e. The van der Waals surface area contributed by atoms with Crippen LogP contribution in [0.2, 0.25) is 0 Å². The molecule has 4 nitrogen and oxygen atoms in total. The number of aryl methyl sites for hydroxylation is 2. The minimum atomic E-state index is 0.0147. The molecule has 0 bridgehead atoms. The van der Waals surface area contributed by atoms with Gasteiger partial charge in [0.1, 0.15) is 0 Å². The van der Waals surface area contributed by atoms with Gasteiger partial charge in [-0.1, -0.05) is 12.8 Å². The third-order valence-corrected chi connectivity index (χ3v) is 6.46. The molecule has 2 heterocycles. The molecule has 0 spiro atoms. The van der Waals surface area contributed by atoms with Crippen LogP contribution >= 0.6 is 11.3 Å². The van der Waals surface area contributed by atoms with Crippen LogP contribution in [0.5, 0.6) is 0 Å². The number of anilines is 2. The molecule has 138 valence electrons. The van der Waals surface area contributed by atoms with Gasteiger partial charge in [-0.15, -0.1) is 11.3 Å². The van der Waals surface area contributed by atoms with Crippen molar-refractivity contribution >= 4 is 28.6 Å². The molecule has 0 atom stereocenters. The van der Waals surface area contributed by atoms with Crippen LogP contribution in [-0.4, -0.2) is 32.2 Å². The van der Waals surface area contributed by atoms with Crippen LogP contribution < -0.4 is 10.2 Å². The molecule has 1 aliphatic carbocycles. The van der Waals surface area contributed by atoms with Crippen LogP contribution in [0.4, 0.5) is 11.4 Å². The summed E-state index contributed by atoms with van der Waals surface area (Å²) < 4.78 is 5.40. The first-order valence-electron chi connectivity index (χ1n) is 9.65. The van der Waals surface area contributed by atoms with Crippen LogP contribution in [0.1, 0.15) is 45.8 Å². The molecule has 5 heteroatoms. The Bertz CT molecular complexity index is 722. The lowest BCUT2D eigenvalue weighted by Gasteiger charge is -2.28. The summed E-state index contributed by atoms with van der Waals surface area (Å²) in [6.45, 7) is 3.40. The van der Waals surface area contributed by atoms with Gasteiger partial charge in [-0.05, 0) is 61.6 Å². The van der Waals surface area contributed by atoms with E-state index in [0.717, 1.165) is 49.7 Å². The van der Waals surface area contributed by atoms with E-state index in [4.69, 9.17) is 4.74 Å². The van der Waals surface area contributed by atoms with E-state index in [-0.39, 0.29) is 5.91 Å². The average Bonchev–Trinajstić information content (AvgIpc) is 3.05. The monoisotopic (exact) mass is 370 g/mol. The second-order valence-corrected chi connectivity index (χ2v) is 8.21. The lowest BCUT2D eigenvalue weighted by Crippen LogP contribution is -2.36. The van der Waals surface area contributed by atoms with Crippen molar-refractivity contribution in [3.05, 3.63) is 45.6 Å². The number of nitrogens with zero attached hydrogens (tertiary/aromatic N) is 1. The number of amides is 1. The molecule has 0 radical (unpaired) electrons. The number of morpholine rings is 1. The Morgan fingerprint density at radius 1 is 1.00 bits per heavy atom. The SMILES string of the molecule is O=C(Nc1ccc(N2CCOCC2)cc1)c1cc2c(s1)CCCCCC2. The molecule has 0 saturated carbocycles. The van der Waals surface area contributed by atoms with Crippen molar-refractivity contribution in [1.29, 1.82) is 0 Å². The lowest BCUT2D eigenvalue weighted by atomic mass is 10.00. The van der Waals surface area contributed by atoms with Gasteiger partial charge < -0.3 is 15.0 Å². The fourth-order valence-electron chi connectivity index (χ4n) is 3.73. The zero-order valence-corrected chi connectivity index (χ0v) is 15.9. The molecule has 4 rings (SSSR count). The van der Waals surface area contributed by atoms with Gasteiger partial charge in [0, 0.05) is 29.3 Å².